The van der Waals surface area contributed by atoms with Crippen molar-refractivity contribution < 1.29 is 28.6 Å². The van der Waals surface area contributed by atoms with Gasteiger partial charge in [-0.05, 0) is 27.7 Å². The molecule has 0 aromatic carbocycles. The highest BCUT2D eigenvalue weighted by molar-refractivity contribution is 6.03. The second-order valence-corrected chi connectivity index (χ2v) is 5.56. The van der Waals surface area contributed by atoms with Crippen LogP contribution in [0.2, 0.25) is 0 Å². The molecule has 0 aliphatic carbocycles. The van der Waals surface area contributed by atoms with Crippen molar-refractivity contribution in [3.8, 4) is 0 Å². The van der Waals surface area contributed by atoms with E-state index in [9.17, 15) is 14.4 Å². The Bertz CT molecular complexity index is 539. The molecule has 1 heterocycles. The molecule has 0 radical (unpaired) electrons. The topological polar surface area (TPSA) is 90.9 Å². The number of nitrogens with one attached hydrogen (secondary N) is 1. The number of ether oxygens (including phenoxy) is 3. The molecule has 0 amide bonds. The minimum atomic E-state index is -0.706. The van der Waals surface area contributed by atoms with Gasteiger partial charge in [0.05, 0.1) is 24.9 Å². The van der Waals surface area contributed by atoms with E-state index in [0.29, 0.717) is 0 Å². The number of hydrogen-bond donors (Lipinski definition) is 1. The van der Waals surface area contributed by atoms with Crippen LogP contribution >= 0.6 is 0 Å². The van der Waals surface area contributed by atoms with E-state index in [4.69, 9.17) is 9.47 Å². The van der Waals surface area contributed by atoms with E-state index in [1.165, 1.54) is 13.3 Å². The van der Waals surface area contributed by atoms with Crippen LogP contribution in [0.25, 0.3) is 0 Å². The zero-order chi connectivity index (χ0) is 16.9. The van der Waals surface area contributed by atoms with Gasteiger partial charge in [-0.3, -0.25) is 0 Å². The van der Waals surface area contributed by atoms with Gasteiger partial charge in [0.15, 0.2) is 0 Å². The first-order valence-corrected chi connectivity index (χ1v) is 6.87. The van der Waals surface area contributed by atoms with Gasteiger partial charge < -0.3 is 19.5 Å². The average molecular weight is 311 g/mol. The highest BCUT2D eigenvalue weighted by atomic mass is 16.6. The molecule has 7 nitrogen and oxygen atoms in total. The molecule has 0 atom stereocenters. The van der Waals surface area contributed by atoms with Gasteiger partial charge in [0.1, 0.15) is 11.3 Å². The van der Waals surface area contributed by atoms with Gasteiger partial charge >= 0.3 is 17.9 Å². The first kappa shape index (κ1) is 17.7. The van der Waals surface area contributed by atoms with Gasteiger partial charge in [-0.1, -0.05) is 0 Å². The lowest BCUT2D eigenvalue weighted by atomic mass is 10.0. The van der Waals surface area contributed by atoms with Crippen molar-refractivity contribution in [1.29, 1.82) is 0 Å². The Morgan fingerprint density at radius 2 is 1.82 bits per heavy atom. The van der Waals surface area contributed by atoms with Crippen molar-refractivity contribution in [2.75, 3.05) is 13.7 Å². The van der Waals surface area contributed by atoms with Crippen LogP contribution in [-0.4, -0.2) is 37.2 Å². The molecule has 0 aromatic heterocycles. The minimum Gasteiger partial charge on any atom is -0.464 e. The predicted molar refractivity (Wildman–Crippen MR) is 77.4 cm³/mol. The number of carbonyl (C=O) groups excluding carboxylic acids is 3. The third kappa shape index (κ3) is 4.61. The summed E-state index contributed by atoms with van der Waals surface area (Å²) in [6.45, 7) is 7.02. The Morgan fingerprint density at radius 1 is 1.18 bits per heavy atom. The SMILES string of the molecule is CCOC(=O)C1=C(C(=O)OC)NC=C(C(=O)OC(C)(C)C)C1. The van der Waals surface area contributed by atoms with E-state index in [1.807, 2.05) is 0 Å². The highest BCUT2D eigenvalue weighted by Gasteiger charge is 2.30. The Balaban J connectivity index is 3.01. The molecule has 0 aromatic rings. The van der Waals surface area contributed by atoms with Crippen LogP contribution in [0.1, 0.15) is 34.1 Å². The molecule has 0 fully saturated rings. The molecule has 0 bridgehead atoms. The number of methoxy groups -OCH3 is 1. The van der Waals surface area contributed by atoms with E-state index >= 15 is 0 Å². The fourth-order valence-corrected chi connectivity index (χ4v) is 1.73. The monoisotopic (exact) mass is 311 g/mol. The summed E-state index contributed by atoms with van der Waals surface area (Å²) in [5.74, 6) is -1.95. The first-order valence-electron chi connectivity index (χ1n) is 6.87. The van der Waals surface area contributed by atoms with Crippen LogP contribution < -0.4 is 5.32 Å². The van der Waals surface area contributed by atoms with Gasteiger partial charge in [-0.15, -0.1) is 0 Å². The molecule has 1 aliphatic heterocycles. The van der Waals surface area contributed by atoms with Crippen LogP contribution in [0.3, 0.4) is 0 Å². The van der Waals surface area contributed by atoms with E-state index in [0.717, 1.165) is 0 Å². The van der Waals surface area contributed by atoms with E-state index in [2.05, 4.69) is 10.1 Å². The summed E-state index contributed by atoms with van der Waals surface area (Å²) in [7, 11) is 1.20. The van der Waals surface area contributed by atoms with Crippen LogP contribution in [0, 0.1) is 0 Å². The largest absolute Gasteiger partial charge is 0.464 e. The maximum Gasteiger partial charge on any atom is 0.355 e. The number of rotatable bonds is 4. The average Bonchev–Trinajstić information content (AvgIpc) is 2.44. The molecule has 1 aliphatic rings. The van der Waals surface area contributed by atoms with Crippen molar-refractivity contribution in [3.63, 3.8) is 0 Å². The lowest BCUT2D eigenvalue weighted by molar-refractivity contribution is -0.150. The van der Waals surface area contributed by atoms with Crippen molar-refractivity contribution >= 4 is 17.9 Å². The molecule has 7 heteroatoms. The van der Waals surface area contributed by atoms with Crippen molar-refractivity contribution in [1.82, 2.24) is 5.32 Å². The molecule has 22 heavy (non-hydrogen) atoms. The number of dihydropyridines is 1. The maximum atomic E-state index is 12.1. The van der Waals surface area contributed by atoms with Gasteiger partial charge in [0.25, 0.3) is 0 Å². The number of carbonyl (C=O) groups is 3. The van der Waals surface area contributed by atoms with Crippen molar-refractivity contribution in [3.05, 3.63) is 23.0 Å². The summed E-state index contributed by atoms with van der Waals surface area (Å²) in [5, 5.41) is 2.62. The lowest BCUT2D eigenvalue weighted by Crippen LogP contribution is -2.31. The Morgan fingerprint density at radius 3 is 2.32 bits per heavy atom. The van der Waals surface area contributed by atoms with Gasteiger partial charge in [-0.25, -0.2) is 14.4 Å². The molecule has 0 saturated carbocycles. The quantitative estimate of drug-likeness (QED) is 0.616. The summed E-state index contributed by atoms with van der Waals surface area (Å²) in [6.07, 6.45) is 1.27. The smallest absolute Gasteiger partial charge is 0.355 e. The second-order valence-electron chi connectivity index (χ2n) is 5.56. The van der Waals surface area contributed by atoms with E-state index < -0.39 is 23.5 Å². The summed E-state index contributed by atoms with van der Waals surface area (Å²) in [6, 6.07) is 0. The van der Waals surface area contributed by atoms with Crippen molar-refractivity contribution in [2.24, 2.45) is 0 Å². The molecule has 1 rings (SSSR count). The van der Waals surface area contributed by atoms with Gasteiger partial charge in [0.2, 0.25) is 0 Å². The fourth-order valence-electron chi connectivity index (χ4n) is 1.73. The molecule has 0 unspecified atom stereocenters. The fraction of sp³-hybridized carbons (Fsp3) is 0.533. The normalized spacial score (nSPS) is 14.7. The zero-order valence-electron chi connectivity index (χ0n) is 13.4. The Labute approximate surface area is 129 Å². The van der Waals surface area contributed by atoms with E-state index in [1.54, 1.807) is 27.7 Å². The van der Waals surface area contributed by atoms with Gasteiger partial charge in [-0.2, -0.15) is 0 Å². The third-order valence-electron chi connectivity index (χ3n) is 2.63. The summed E-state index contributed by atoms with van der Waals surface area (Å²) < 4.78 is 14.8. The second kappa shape index (κ2) is 7.11. The summed E-state index contributed by atoms with van der Waals surface area (Å²) in [4.78, 5) is 35.7. The van der Waals surface area contributed by atoms with Crippen LogP contribution in [0.15, 0.2) is 23.0 Å². The number of hydrogen-bond acceptors (Lipinski definition) is 7. The summed E-state index contributed by atoms with van der Waals surface area (Å²) in [5.41, 5.74) is -0.426. The van der Waals surface area contributed by atoms with Crippen LogP contribution in [0.4, 0.5) is 0 Å². The highest BCUT2D eigenvalue weighted by Crippen LogP contribution is 2.23. The number of esters is 3. The van der Waals surface area contributed by atoms with E-state index in [-0.39, 0.29) is 29.9 Å². The molecular formula is C15H21NO6. The summed E-state index contributed by atoms with van der Waals surface area (Å²) >= 11 is 0. The lowest BCUT2D eigenvalue weighted by Gasteiger charge is -2.23. The third-order valence-corrected chi connectivity index (χ3v) is 2.63. The first-order chi connectivity index (χ1) is 10.2. The molecule has 1 N–H and O–H groups in total. The minimum absolute atomic E-state index is 0.0340. The predicted octanol–water partition coefficient (Wildman–Crippen LogP) is 1.20. The molecule has 122 valence electrons. The van der Waals surface area contributed by atoms with Crippen LogP contribution in [-0.2, 0) is 28.6 Å². The van der Waals surface area contributed by atoms with Crippen LogP contribution in [0.5, 0.6) is 0 Å². The Kier molecular flexibility index (Phi) is 5.73. The van der Waals surface area contributed by atoms with Crippen molar-refractivity contribution in [2.45, 2.75) is 39.7 Å². The van der Waals surface area contributed by atoms with Gasteiger partial charge in [0, 0.05) is 12.6 Å². The standard InChI is InChI=1S/C15H21NO6/c1-6-21-13(18)10-7-9(12(17)22-15(2,3)4)8-16-11(10)14(19)20-5/h8,16H,6-7H2,1-5H3. The maximum absolute atomic E-state index is 12.1. The molecule has 0 saturated heterocycles. The Hall–Kier alpha value is -2.31. The molecule has 0 spiro atoms. The molecular weight excluding hydrogens is 290 g/mol. The zero-order valence-corrected chi connectivity index (χ0v) is 13.4.